The minimum absolute atomic E-state index is 0.0440. The Balaban J connectivity index is 1.92. The second kappa shape index (κ2) is 3.02. The van der Waals surface area contributed by atoms with E-state index in [1.807, 2.05) is 24.3 Å². The number of ketones is 2. The summed E-state index contributed by atoms with van der Waals surface area (Å²) in [5, 5.41) is 0. The van der Waals surface area contributed by atoms with E-state index in [0.29, 0.717) is 6.42 Å². The van der Waals surface area contributed by atoms with Crippen LogP contribution in [0, 0.1) is 11.8 Å². The van der Waals surface area contributed by atoms with Crippen LogP contribution in [0.1, 0.15) is 28.8 Å². The van der Waals surface area contributed by atoms with Crippen LogP contribution in [0.3, 0.4) is 0 Å². The van der Waals surface area contributed by atoms with Gasteiger partial charge in [0, 0.05) is 11.5 Å². The van der Waals surface area contributed by atoms with Crippen molar-refractivity contribution in [2.75, 3.05) is 0 Å². The van der Waals surface area contributed by atoms with Crippen molar-refractivity contribution in [3.8, 4) is 0 Å². The van der Waals surface area contributed by atoms with Gasteiger partial charge in [-0.25, -0.2) is 0 Å². The van der Waals surface area contributed by atoms with Crippen molar-refractivity contribution in [2.45, 2.75) is 19.3 Å². The molecule has 2 aliphatic rings. The van der Waals surface area contributed by atoms with Gasteiger partial charge >= 0.3 is 0 Å². The van der Waals surface area contributed by atoms with Gasteiger partial charge in [0.15, 0.2) is 5.78 Å². The van der Waals surface area contributed by atoms with Crippen LogP contribution in [-0.4, -0.2) is 11.6 Å². The number of carbonyl (C=O) groups is 2. The Morgan fingerprint density at radius 3 is 2.60 bits per heavy atom. The molecule has 3 rings (SSSR count). The predicted octanol–water partition coefficient (Wildman–Crippen LogP) is 2.02. The number of benzene rings is 1. The van der Waals surface area contributed by atoms with Crippen LogP contribution in [0.15, 0.2) is 24.3 Å². The highest BCUT2D eigenvalue weighted by atomic mass is 16.2. The van der Waals surface area contributed by atoms with E-state index in [-0.39, 0.29) is 23.4 Å². The third kappa shape index (κ3) is 1.32. The molecule has 1 unspecified atom stereocenters. The summed E-state index contributed by atoms with van der Waals surface area (Å²) < 4.78 is 0. The van der Waals surface area contributed by atoms with Gasteiger partial charge in [-0.15, -0.1) is 0 Å². The van der Waals surface area contributed by atoms with Gasteiger partial charge in [-0.05, 0) is 24.8 Å². The van der Waals surface area contributed by atoms with Gasteiger partial charge < -0.3 is 0 Å². The first-order valence-corrected chi connectivity index (χ1v) is 5.43. The summed E-state index contributed by atoms with van der Waals surface area (Å²) >= 11 is 0. The van der Waals surface area contributed by atoms with Crippen LogP contribution < -0.4 is 0 Å². The van der Waals surface area contributed by atoms with Gasteiger partial charge in [0.1, 0.15) is 5.78 Å². The van der Waals surface area contributed by atoms with E-state index in [4.69, 9.17) is 0 Å². The average molecular weight is 200 g/mol. The highest BCUT2D eigenvalue weighted by Crippen LogP contribution is 2.37. The minimum atomic E-state index is -0.366. The lowest BCUT2D eigenvalue weighted by atomic mass is 9.96. The standard InChI is InChI=1S/C13H12O2/c14-12(8-5-6-8)11-7-9-3-1-2-4-10(9)13(11)15/h1-4,8,11H,5-7H2. The fraction of sp³-hybridized carbons (Fsp3) is 0.385. The fourth-order valence-electron chi connectivity index (χ4n) is 2.32. The van der Waals surface area contributed by atoms with Gasteiger partial charge in [-0.2, -0.15) is 0 Å². The predicted molar refractivity (Wildman–Crippen MR) is 55.7 cm³/mol. The number of hydrogen-bond acceptors (Lipinski definition) is 2. The van der Waals surface area contributed by atoms with Crippen molar-refractivity contribution < 1.29 is 9.59 Å². The molecule has 76 valence electrons. The molecule has 2 nitrogen and oxygen atoms in total. The normalized spacial score (nSPS) is 24.0. The van der Waals surface area contributed by atoms with E-state index in [1.54, 1.807) is 0 Å². The molecule has 1 aromatic carbocycles. The van der Waals surface area contributed by atoms with Crippen molar-refractivity contribution >= 4 is 11.6 Å². The van der Waals surface area contributed by atoms with Crippen LogP contribution >= 0.6 is 0 Å². The number of hydrogen-bond donors (Lipinski definition) is 0. The molecule has 0 radical (unpaired) electrons. The van der Waals surface area contributed by atoms with E-state index in [9.17, 15) is 9.59 Å². The van der Waals surface area contributed by atoms with Crippen LogP contribution in [0.25, 0.3) is 0 Å². The Kier molecular flexibility index (Phi) is 1.78. The van der Waals surface area contributed by atoms with E-state index >= 15 is 0 Å². The molecule has 0 heterocycles. The molecule has 0 aromatic heterocycles. The molecule has 2 aliphatic carbocycles. The van der Waals surface area contributed by atoms with Crippen LogP contribution in [-0.2, 0) is 11.2 Å². The first-order valence-electron chi connectivity index (χ1n) is 5.43. The van der Waals surface area contributed by atoms with Gasteiger partial charge in [-0.3, -0.25) is 9.59 Å². The Morgan fingerprint density at radius 2 is 1.93 bits per heavy atom. The van der Waals surface area contributed by atoms with E-state index in [2.05, 4.69) is 0 Å². The lowest BCUT2D eigenvalue weighted by Gasteiger charge is -2.04. The van der Waals surface area contributed by atoms with Crippen molar-refractivity contribution in [1.82, 2.24) is 0 Å². The molecular formula is C13H12O2. The molecule has 1 fully saturated rings. The Labute approximate surface area is 88.3 Å². The summed E-state index contributed by atoms with van der Waals surface area (Å²) in [5.74, 6) is 0.0434. The van der Waals surface area contributed by atoms with Crippen molar-refractivity contribution in [2.24, 2.45) is 11.8 Å². The number of fused-ring (bicyclic) bond motifs is 1. The maximum Gasteiger partial charge on any atom is 0.173 e. The molecule has 2 heteroatoms. The molecule has 0 spiro atoms. The zero-order valence-corrected chi connectivity index (χ0v) is 8.40. The minimum Gasteiger partial charge on any atom is -0.299 e. The molecular weight excluding hydrogens is 188 g/mol. The Bertz CT molecular complexity index is 444. The zero-order valence-electron chi connectivity index (χ0n) is 8.40. The largest absolute Gasteiger partial charge is 0.299 e. The number of rotatable bonds is 2. The lowest BCUT2D eigenvalue weighted by molar-refractivity contribution is -0.122. The Hall–Kier alpha value is -1.44. The summed E-state index contributed by atoms with van der Waals surface area (Å²) in [6.07, 6.45) is 2.60. The molecule has 0 bridgehead atoms. The van der Waals surface area contributed by atoms with Gasteiger partial charge in [0.25, 0.3) is 0 Å². The van der Waals surface area contributed by atoms with Gasteiger partial charge in [0.05, 0.1) is 5.92 Å². The van der Waals surface area contributed by atoms with Crippen molar-refractivity contribution in [3.63, 3.8) is 0 Å². The summed E-state index contributed by atoms with van der Waals surface area (Å²) in [6, 6.07) is 7.57. The first kappa shape index (κ1) is 8.84. The van der Waals surface area contributed by atoms with Crippen LogP contribution in [0.2, 0.25) is 0 Å². The highest BCUT2D eigenvalue weighted by molar-refractivity contribution is 6.14. The van der Waals surface area contributed by atoms with Crippen molar-refractivity contribution in [1.29, 1.82) is 0 Å². The molecule has 1 saturated carbocycles. The second-order valence-electron chi connectivity index (χ2n) is 4.45. The van der Waals surface area contributed by atoms with Crippen molar-refractivity contribution in [3.05, 3.63) is 35.4 Å². The van der Waals surface area contributed by atoms with Crippen LogP contribution in [0.4, 0.5) is 0 Å². The second-order valence-corrected chi connectivity index (χ2v) is 4.45. The quantitative estimate of drug-likeness (QED) is 0.684. The summed E-state index contributed by atoms with van der Waals surface area (Å²) in [6.45, 7) is 0. The maximum atomic E-state index is 11.9. The summed E-state index contributed by atoms with van der Waals surface area (Å²) in [5.41, 5.74) is 1.80. The maximum absolute atomic E-state index is 11.9. The topological polar surface area (TPSA) is 34.1 Å². The van der Waals surface area contributed by atoms with Gasteiger partial charge in [0.2, 0.25) is 0 Å². The Morgan fingerprint density at radius 1 is 1.20 bits per heavy atom. The highest BCUT2D eigenvalue weighted by Gasteiger charge is 2.41. The zero-order chi connectivity index (χ0) is 10.4. The molecule has 1 aromatic rings. The lowest BCUT2D eigenvalue weighted by Crippen LogP contribution is -2.22. The van der Waals surface area contributed by atoms with Gasteiger partial charge in [-0.1, -0.05) is 24.3 Å². The molecule has 0 aliphatic heterocycles. The number of carbonyl (C=O) groups excluding carboxylic acids is 2. The summed E-state index contributed by atoms with van der Waals surface area (Å²) in [4.78, 5) is 23.8. The SMILES string of the molecule is O=C1c2ccccc2CC1C(=O)C1CC1. The molecule has 15 heavy (non-hydrogen) atoms. The molecule has 0 saturated heterocycles. The van der Waals surface area contributed by atoms with Crippen LogP contribution in [0.5, 0.6) is 0 Å². The van der Waals surface area contributed by atoms with E-state index in [1.165, 1.54) is 0 Å². The van der Waals surface area contributed by atoms with E-state index in [0.717, 1.165) is 24.0 Å². The van der Waals surface area contributed by atoms with E-state index < -0.39 is 0 Å². The molecule has 0 amide bonds. The molecule has 0 N–H and O–H groups in total. The molecule has 1 atom stereocenters. The fourth-order valence-corrected chi connectivity index (χ4v) is 2.32. The summed E-state index contributed by atoms with van der Waals surface area (Å²) in [7, 11) is 0. The third-order valence-corrected chi connectivity index (χ3v) is 3.35. The third-order valence-electron chi connectivity index (χ3n) is 3.35. The average Bonchev–Trinajstić information content (AvgIpc) is 3.04. The monoisotopic (exact) mass is 200 g/mol. The first-order chi connectivity index (χ1) is 7.27. The number of Topliss-reactive ketones (excluding diaryl/α,β-unsaturated/α-hetero) is 2. The smallest absolute Gasteiger partial charge is 0.173 e.